The molecule has 0 aliphatic heterocycles. The van der Waals surface area contributed by atoms with Gasteiger partial charge in [0, 0.05) is 12.8 Å². The first-order chi connectivity index (χ1) is 9.81. The Morgan fingerprint density at radius 1 is 0.800 bits per heavy atom. The Kier molecular flexibility index (Phi) is 3.82. The van der Waals surface area contributed by atoms with Gasteiger partial charge < -0.3 is 4.74 Å². The first-order valence-corrected chi connectivity index (χ1v) is 7.16. The maximum Gasteiger partial charge on any atom is 0.132 e. The SMILES string of the molecule is O=C1CCC(c2ccc(Oc3ccccc3)cc2)CC1. The van der Waals surface area contributed by atoms with Crippen LogP contribution in [-0.2, 0) is 4.79 Å². The number of Topliss-reactive ketones (excluding diaryl/α,β-unsaturated/α-hetero) is 1. The van der Waals surface area contributed by atoms with Gasteiger partial charge in [-0.25, -0.2) is 0 Å². The van der Waals surface area contributed by atoms with Gasteiger partial charge in [0.1, 0.15) is 17.3 Å². The van der Waals surface area contributed by atoms with Gasteiger partial charge in [-0.15, -0.1) is 0 Å². The average molecular weight is 266 g/mol. The summed E-state index contributed by atoms with van der Waals surface area (Å²) in [6.45, 7) is 0. The number of carbonyl (C=O) groups excluding carboxylic acids is 1. The van der Waals surface area contributed by atoms with E-state index in [-0.39, 0.29) is 0 Å². The second-order valence-electron chi connectivity index (χ2n) is 5.30. The fourth-order valence-corrected chi connectivity index (χ4v) is 2.71. The van der Waals surface area contributed by atoms with Crippen LogP contribution in [0.3, 0.4) is 0 Å². The lowest BCUT2D eigenvalue weighted by atomic mass is 9.83. The van der Waals surface area contributed by atoms with Gasteiger partial charge in [0.25, 0.3) is 0 Å². The van der Waals surface area contributed by atoms with Crippen molar-refractivity contribution >= 4 is 5.78 Å². The van der Waals surface area contributed by atoms with Gasteiger partial charge in [-0.1, -0.05) is 30.3 Å². The molecule has 0 atom stereocenters. The van der Waals surface area contributed by atoms with Gasteiger partial charge in [-0.3, -0.25) is 4.79 Å². The molecule has 0 bridgehead atoms. The number of benzene rings is 2. The van der Waals surface area contributed by atoms with E-state index in [1.165, 1.54) is 5.56 Å². The van der Waals surface area contributed by atoms with Crippen molar-refractivity contribution in [2.24, 2.45) is 0 Å². The highest BCUT2D eigenvalue weighted by Crippen LogP contribution is 2.32. The zero-order valence-corrected chi connectivity index (χ0v) is 11.4. The monoisotopic (exact) mass is 266 g/mol. The molecule has 2 aromatic rings. The highest BCUT2D eigenvalue weighted by molar-refractivity contribution is 5.79. The molecule has 0 spiro atoms. The highest BCUT2D eigenvalue weighted by atomic mass is 16.5. The molecule has 0 amide bonds. The molecule has 1 aliphatic rings. The first-order valence-electron chi connectivity index (χ1n) is 7.16. The molecular weight excluding hydrogens is 248 g/mol. The molecule has 102 valence electrons. The standard InChI is InChI=1S/C18H18O2/c19-16-10-6-14(7-11-16)15-8-12-18(13-9-15)20-17-4-2-1-3-5-17/h1-5,8-9,12-14H,6-7,10-11H2. The summed E-state index contributed by atoms with van der Waals surface area (Å²) in [5.41, 5.74) is 1.32. The van der Waals surface area contributed by atoms with Crippen LogP contribution >= 0.6 is 0 Å². The molecule has 2 aromatic carbocycles. The van der Waals surface area contributed by atoms with Gasteiger partial charge in [0.2, 0.25) is 0 Å². The minimum Gasteiger partial charge on any atom is -0.457 e. The number of hydrogen-bond donors (Lipinski definition) is 0. The number of ether oxygens (including phenoxy) is 1. The number of para-hydroxylation sites is 1. The van der Waals surface area contributed by atoms with Crippen molar-refractivity contribution in [1.82, 2.24) is 0 Å². The first kappa shape index (κ1) is 12.9. The number of rotatable bonds is 3. The predicted molar refractivity (Wildman–Crippen MR) is 79.2 cm³/mol. The maximum absolute atomic E-state index is 11.3. The van der Waals surface area contributed by atoms with Crippen molar-refractivity contribution < 1.29 is 9.53 Å². The molecule has 0 heterocycles. The zero-order valence-electron chi connectivity index (χ0n) is 11.4. The van der Waals surface area contributed by atoms with E-state index in [9.17, 15) is 4.79 Å². The smallest absolute Gasteiger partial charge is 0.132 e. The summed E-state index contributed by atoms with van der Waals surface area (Å²) in [7, 11) is 0. The van der Waals surface area contributed by atoms with Gasteiger partial charge >= 0.3 is 0 Å². The molecule has 0 radical (unpaired) electrons. The quantitative estimate of drug-likeness (QED) is 0.804. The van der Waals surface area contributed by atoms with Crippen LogP contribution in [0.4, 0.5) is 0 Å². The van der Waals surface area contributed by atoms with E-state index in [0.29, 0.717) is 11.7 Å². The number of ketones is 1. The summed E-state index contributed by atoms with van der Waals surface area (Å²) in [5, 5.41) is 0. The van der Waals surface area contributed by atoms with Gasteiger partial charge in [-0.2, -0.15) is 0 Å². The van der Waals surface area contributed by atoms with Crippen LogP contribution in [0.5, 0.6) is 11.5 Å². The summed E-state index contributed by atoms with van der Waals surface area (Å²) in [6.07, 6.45) is 3.43. The topological polar surface area (TPSA) is 26.3 Å². The van der Waals surface area contributed by atoms with Crippen LogP contribution < -0.4 is 4.74 Å². The maximum atomic E-state index is 11.3. The van der Waals surface area contributed by atoms with Gasteiger partial charge in [0.05, 0.1) is 0 Å². The molecule has 1 saturated carbocycles. The van der Waals surface area contributed by atoms with Crippen molar-refractivity contribution in [1.29, 1.82) is 0 Å². The molecule has 0 N–H and O–H groups in total. The molecule has 20 heavy (non-hydrogen) atoms. The highest BCUT2D eigenvalue weighted by Gasteiger charge is 2.19. The Balaban J connectivity index is 1.67. The normalized spacial score (nSPS) is 16.1. The number of hydrogen-bond acceptors (Lipinski definition) is 2. The van der Waals surface area contributed by atoms with Crippen molar-refractivity contribution in [3.8, 4) is 11.5 Å². The minimum absolute atomic E-state index is 0.408. The van der Waals surface area contributed by atoms with Crippen LogP contribution in [0.15, 0.2) is 54.6 Å². The third kappa shape index (κ3) is 3.08. The van der Waals surface area contributed by atoms with E-state index in [2.05, 4.69) is 12.1 Å². The molecular formula is C18H18O2. The Morgan fingerprint density at radius 2 is 1.40 bits per heavy atom. The van der Waals surface area contributed by atoms with E-state index in [4.69, 9.17) is 4.74 Å². The Labute approximate surface area is 119 Å². The Bertz CT molecular complexity index is 562. The third-order valence-corrected chi connectivity index (χ3v) is 3.87. The van der Waals surface area contributed by atoms with Crippen molar-refractivity contribution in [3.63, 3.8) is 0 Å². The molecule has 1 aliphatic carbocycles. The summed E-state index contributed by atoms with van der Waals surface area (Å²) >= 11 is 0. The number of carbonyl (C=O) groups is 1. The van der Waals surface area contributed by atoms with Crippen molar-refractivity contribution in [2.45, 2.75) is 31.6 Å². The van der Waals surface area contributed by atoms with E-state index < -0.39 is 0 Å². The lowest BCUT2D eigenvalue weighted by molar-refractivity contribution is -0.120. The van der Waals surface area contributed by atoms with E-state index >= 15 is 0 Å². The van der Waals surface area contributed by atoms with E-state index in [0.717, 1.165) is 37.2 Å². The Morgan fingerprint density at radius 3 is 2.05 bits per heavy atom. The molecule has 1 fully saturated rings. The Hall–Kier alpha value is -2.09. The largest absolute Gasteiger partial charge is 0.457 e. The zero-order chi connectivity index (χ0) is 13.8. The predicted octanol–water partition coefficient (Wildman–Crippen LogP) is 4.71. The van der Waals surface area contributed by atoms with Gasteiger partial charge in [-0.05, 0) is 48.6 Å². The van der Waals surface area contributed by atoms with Crippen LogP contribution in [-0.4, -0.2) is 5.78 Å². The molecule has 0 saturated heterocycles. The van der Waals surface area contributed by atoms with Crippen molar-refractivity contribution in [3.05, 3.63) is 60.2 Å². The lowest BCUT2D eigenvalue weighted by Gasteiger charge is -2.21. The van der Waals surface area contributed by atoms with Crippen LogP contribution in [0.2, 0.25) is 0 Å². The summed E-state index contributed by atoms with van der Waals surface area (Å²) in [6, 6.07) is 18.1. The summed E-state index contributed by atoms with van der Waals surface area (Å²) < 4.78 is 5.78. The second-order valence-corrected chi connectivity index (χ2v) is 5.30. The van der Waals surface area contributed by atoms with Crippen LogP contribution in [0.1, 0.15) is 37.2 Å². The van der Waals surface area contributed by atoms with E-state index in [1.54, 1.807) is 0 Å². The molecule has 0 unspecified atom stereocenters. The van der Waals surface area contributed by atoms with Crippen LogP contribution in [0.25, 0.3) is 0 Å². The fourth-order valence-electron chi connectivity index (χ4n) is 2.71. The lowest BCUT2D eigenvalue weighted by Crippen LogP contribution is -2.12. The molecule has 0 aromatic heterocycles. The average Bonchev–Trinajstić information content (AvgIpc) is 2.50. The summed E-state index contributed by atoms with van der Waals surface area (Å²) in [5.74, 6) is 2.64. The summed E-state index contributed by atoms with van der Waals surface area (Å²) in [4.78, 5) is 11.3. The second kappa shape index (κ2) is 5.91. The third-order valence-electron chi connectivity index (χ3n) is 3.87. The minimum atomic E-state index is 0.408. The molecule has 3 rings (SSSR count). The fraction of sp³-hybridized carbons (Fsp3) is 0.278. The van der Waals surface area contributed by atoms with Crippen LogP contribution in [0, 0.1) is 0 Å². The van der Waals surface area contributed by atoms with Gasteiger partial charge in [0.15, 0.2) is 0 Å². The molecule has 2 heteroatoms. The van der Waals surface area contributed by atoms with Crippen molar-refractivity contribution in [2.75, 3.05) is 0 Å². The van der Waals surface area contributed by atoms with E-state index in [1.807, 2.05) is 42.5 Å². The molecule has 2 nitrogen and oxygen atoms in total.